The number of anilines is 1. The fourth-order valence-corrected chi connectivity index (χ4v) is 5.12. The largest absolute Gasteiger partial charge is 0.473 e. The Bertz CT molecular complexity index is 1520. The number of thiazole rings is 1. The molecule has 0 radical (unpaired) electrons. The molecule has 0 spiro atoms. The van der Waals surface area contributed by atoms with E-state index in [-0.39, 0.29) is 5.91 Å². The topological polar surface area (TPSA) is 67.4 Å². The monoisotopic (exact) mass is 478 g/mol. The molecule has 1 N–H and O–H groups in total. The van der Waals surface area contributed by atoms with Gasteiger partial charge in [0.25, 0.3) is 5.91 Å². The number of nitrogens with one attached hydrogen (secondary N) is 1. The fraction of sp³-hybridized carbons (Fsp3) is 0.107. The molecular formula is C28H22N4O2S. The molecule has 3 heterocycles. The van der Waals surface area contributed by atoms with Crippen LogP contribution in [0.5, 0.6) is 5.75 Å². The highest BCUT2D eigenvalue weighted by Crippen LogP contribution is 2.34. The summed E-state index contributed by atoms with van der Waals surface area (Å²) in [7, 11) is 0. The van der Waals surface area contributed by atoms with Gasteiger partial charge in [0.05, 0.1) is 18.8 Å². The van der Waals surface area contributed by atoms with E-state index in [1.165, 1.54) is 10.8 Å². The summed E-state index contributed by atoms with van der Waals surface area (Å²) >= 11 is 1.56. The van der Waals surface area contributed by atoms with Gasteiger partial charge >= 0.3 is 0 Å². The number of hydrogen-bond donors (Lipinski definition) is 1. The molecule has 1 amide bonds. The second kappa shape index (κ2) is 9.19. The zero-order valence-corrected chi connectivity index (χ0v) is 19.7. The number of fused-ring (bicyclic) bond motifs is 3. The van der Waals surface area contributed by atoms with E-state index >= 15 is 0 Å². The van der Waals surface area contributed by atoms with Gasteiger partial charge in [-0.3, -0.25) is 9.78 Å². The Kier molecular flexibility index (Phi) is 5.60. The van der Waals surface area contributed by atoms with Crippen molar-refractivity contribution in [2.45, 2.75) is 13.1 Å². The van der Waals surface area contributed by atoms with Crippen LogP contribution in [-0.2, 0) is 13.1 Å². The number of pyridine rings is 1. The number of carbonyl (C=O) groups excluding carboxylic acids is 1. The number of amides is 1. The van der Waals surface area contributed by atoms with Gasteiger partial charge in [-0.25, -0.2) is 4.98 Å². The van der Waals surface area contributed by atoms with E-state index in [1.54, 1.807) is 23.7 Å². The minimum Gasteiger partial charge on any atom is -0.473 e. The van der Waals surface area contributed by atoms with Gasteiger partial charge in [-0.2, -0.15) is 0 Å². The normalized spacial score (nSPS) is 12.7. The lowest BCUT2D eigenvalue weighted by atomic mass is 10.0. The van der Waals surface area contributed by atoms with E-state index in [0.717, 1.165) is 39.8 Å². The molecule has 1 aliphatic heterocycles. The zero-order chi connectivity index (χ0) is 23.6. The fourth-order valence-electron chi connectivity index (χ4n) is 4.30. The summed E-state index contributed by atoms with van der Waals surface area (Å²) in [5.41, 5.74) is 4.58. The van der Waals surface area contributed by atoms with Crippen molar-refractivity contribution in [3.63, 3.8) is 0 Å². The molecule has 0 saturated heterocycles. The Balaban J connectivity index is 1.16. The molecule has 0 saturated carbocycles. The summed E-state index contributed by atoms with van der Waals surface area (Å²) in [6.07, 6.45) is 3.50. The third-order valence-electron chi connectivity index (χ3n) is 6.11. The van der Waals surface area contributed by atoms with Crippen molar-refractivity contribution < 1.29 is 9.53 Å². The number of ether oxygens (including phenoxy) is 1. The quantitative estimate of drug-likeness (QED) is 0.354. The van der Waals surface area contributed by atoms with Crippen LogP contribution in [0.15, 0.2) is 90.6 Å². The SMILES string of the molecule is O=C(NCc1csc(-c2ccncc2)n1)c1cccc(N2COc3ccc4ccccc4c3C2)c1. The maximum absolute atomic E-state index is 12.9. The first-order valence-corrected chi connectivity index (χ1v) is 12.2. The highest BCUT2D eigenvalue weighted by atomic mass is 32.1. The molecule has 172 valence electrons. The first-order chi connectivity index (χ1) is 17.2. The van der Waals surface area contributed by atoms with Crippen molar-refractivity contribution in [2.24, 2.45) is 0 Å². The lowest BCUT2D eigenvalue weighted by Gasteiger charge is -2.31. The molecule has 6 rings (SSSR count). The number of aromatic nitrogens is 2. The predicted octanol–water partition coefficient (Wildman–Crippen LogP) is 5.64. The first-order valence-electron chi connectivity index (χ1n) is 11.4. The van der Waals surface area contributed by atoms with Crippen molar-refractivity contribution in [1.82, 2.24) is 15.3 Å². The molecule has 35 heavy (non-hydrogen) atoms. The minimum atomic E-state index is -0.130. The van der Waals surface area contributed by atoms with Crippen LogP contribution in [0.3, 0.4) is 0 Å². The number of carbonyl (C=O) groups is 1. The van der Waals surface area contributed by atoms with Crippen LogP contribution >= 0.6 is 11.3 Å². The second-order valence-corrected chi connectivity index (χ2v) is 9.21. The van der Waals surface area contributed by atoms with Gasteiger partial charge < -0.3 is 15.0 Å². The molecule has 2 aromatic heterocycles. The van der Waals surface area contributed by atoms with Crippen molar-refractivity contribution >= 4 is 33.7 Å². The summed E-state index contributed by atoms with van der Waals surface area (Å²) in [6, 6.07) is 24.0. The molecule has 3 aromatic carbocycles. The van der Waals surface area contributed by atoms with E-state index in [2.05, 4.69) is 44.5 Å². The number of hydrogen-bond acceptors (Lipinski definition) is 6. The van der Waals surface area contributed by atoms with Gasteiger partial charge in [0.15, 0.2) is 6.73 Å². The number of benzene rings is 3. The third kappa shape index (κ3) is 4.34. The summed E-state index contributed by atoms with van der Waals surface area (Å²) in [4.78, 5) is 23.7. The minimum absolute atomic E-state index is 0.130. The average Bonchev–Trinajstić information content (AvgIpc) is 3.41. The van der Waals surface area contributed by atoms with Crippen LogP contribution in [0.4, 0.5) is 5.69 Å². The average molecular weight is 479 g/mol. The molecule has 5 aromatic rings. The van der Waals surface area contributed by atoms with Gasteiger partial charge in [0.1, 0.15) is 10.8 Å². The highest BCUT2D eigenvalue weighted by Gasteiger charge is 2.20. The smallest absolute Gasteiger partial charge is 0.251 e. The molecule has 0 aliphatic carbocycles. The van der Waals surface area contributed by atoms with Crippen LogP contribution in [0.1, 0.15) is 21.6 Å². The maximum atomic E-state index is 12.9. The van der Waals surface area contributed by atoms with E-state index < -0.39 is 0 Å². The van der Waals surface area contributed by atoms with Crippen LogP contribution < -0.4 is 15.0 Å². The lowest BCUT2D eigenvalue weighted by Crippen LogP contribution is -2.32. The summed E-state index contributed by atoms with van der Waals surface area (Å²) < 4.78 is 6.06. The Morgan fingerprint density at radius 2 is 1.91 bits per heavy atom. The van der Waals surface area contributed by atoms with Gasteiger partial charge in [-0.1, -0.05) is 36.4 Å². The van der Waals surface area contributed by atoms with Crippen molar-refractivity contribution in [3.8, 4) is 16.3 Å². The molecule has 0 fully saturated rings. The van der Waals surface area contributed by atoms with Gasteiger partial charge in [0, 0.05) is 40.2 Å². The van der Waals surface area contributed by atoms with E-state index in [4.69, 9.17) is 4.74 Å². The maximum Gasteiger partial charge on any atom is 0.251 e. The molecule has 1 aliphatic rings. The summed E-state index contributed by atoms with van der Waals surface area (Å²) in [5, 5.41) is 8.26. The molecule has 7 heteroatoms. The van der Waals surface area contributed by atoms with Gasteiger partial charge in [-0.05, 0) is 47.2 Å². The summed E-state index contributed by atoms with van der Waals surface area (Å²) in [5.74, 6) is 0.789. The van der Waals surface area contributed by atoms with Crippen LogP contribution in [0, 0.1) is 0 Å². The van der Waals surface area contributed by atoms with Crippen LogP contribution in [0.25, 0.3) is 21.3 Å². The van der Waals surface area contributed by atoms with Gasteiger partial charge in [0.2, 0.25) is 0 Å². The molecule has 0 bridgehead atoms. The third-order valence-corrected chi connectivity index (χ3v) is 7.05. The Morgan fingerprint density at radius 1 is 1.03 bits per heavy atom. The van der Waals surface area contributed by atoms with Crippen LogP contribution in [-0.4, -0.2) is 22.6 Å². The predicted molar refractivity (Wildman–Crippen MR) is 139 cm³/mol. The number of nitrogens with zero attached hydrogens (tertiary/aromatic N) is 3. The Labute approximate surface area is 206 Å². The van der Waals surface area contributed by atoms with E-state index in [1.807, 2.05) is 53.9 Å². The zero-order valence-electron chi connectivity index (χ0n) is 18.8. The van der Waals surface area contributed by atoms with Gasteiger partial charge in [-0.15, -0.1) is 11.3 Å². The molecule has 0 unspecified atom stereocenters. The Morgan fingerprint density at radius 3 is 2.83 bits per heavy atom. The van der Waals surface area contributed by atoms with Crippen LogP contribution in [0.2, 0.25) is 0 Å². The number of rotatable bonds is 5. The Hall–Kier alpha value is -4.23. The standard InChI is InChI=1S/C28H22N4O2S/c33-27(30-15-22-17-35-28(31-22)20-10-12-29-13-11-20)21-5-3-6-23(14-21)32-16-25-24-7-2-1-4-19(24)8-9-26(25)34-18-32/h1-14,17H,15-16,18H2,(H,30,33). The molecule has 0 atom stereocenters. The van der Waals surface area contributed by atoms with Crippen molar-refractivity contribution in [1.29, 1.82) is 0 Å². The highest BCUT2D eigenvalue weighted by molar-refractivity contribution is 7.13. The van der Waals surface area contributed by atoms with Crippen molar-refractivity contribution in [2.75, 3.05) is 11.6 Å². The van der Waals surface area contributed by atoms with E-state index in [0.29, 0.717) is 18.8 Å². The van der Waals surface area contributed by atoms with E-state index in [9.17, 15) is 4.79 Å². The van der Waals surface area contributed by atoms with Crippen molar-refractivity contribution in [3.05, 3.63) is 107 Å². The lowest BCUT2D eigenvalue weighted by molar-refractivity contribution is 0.0950. The molecule has 6 nitrogen and oxygen atoms in total. The summed E-state index contributed by atoms with van der Waals surface area (Å²) in [6.45, 7) is 1.53. The first kappa shape index (κ1) is 21.3. The molecular weight excluding hydrogens is 456 g/mol. The second-order valence-electron chi connectivity index (χ2n) is 8.35.